The average molecular weight is 288 g/mol. The molecule has 0 aliphatic rings. The van der Waals surface area contributed by atoms with E-state index in [4.69, 9.17) is 15.6 Å². The predicted octanol–water partition coefficient (Wildman–Crippen LogP) is 0.255. The molecule has 0 fully saturated rings. The van der Waals surface area contributed by atoms with Crippen molar-refractivity contribution in [2.24, 2.45) is 0 Å². The zero-order chi connectivity index (χ0) is 14.3. The van der Waals surface area contributed by atoms with Crippen molar-refractivity contribution in [3.05, 3.63) is 23.8 Å². The number of benzene rings is 1. The Balaban J connectivity index is 2.52. The third-order valence-electron chi connectivity index (χ3n) is 2.45. The lowest BCUT2D eigenvalue weighted by Crippen LogP contribution is -2.26. The van der Waals surface area contributed by atoms with Gasteiger partial charge in [-0.1, -0.05) is 6.07 Å². The van der Waals surface area contributed by atoms with Gasteiger partial charge in [-0.2, -0.15) is 0 Å². The van der Waals surface area contributed by atoms with Crippen LogP contribution in [0.15, 0.2) is 23.1 Å². The molecular formula is C12H20N2O4S. The third kappa shape index (κ3) is 5.15. The molecule has 19 heavy (non-hydrogen) atoms. The molecule has 0 saturated heterocycles. The lowest BCUT2D eigenvalue weighted by molar-refractivity contribution is 0.0913. The van der Waals surface area contributed by atoms with Crippen LogP contribution in [-0.4, -0.2) is 39.9 Å². The van der Waals surface area contributed by atoms with Crippen molar-refractivity contribution in [1.29, 1.82) is 0 Å². The number of rotatable bonds is 8. The van der Waals surface area contributed by atoms with Crippen LogP contribution >= 0.6 is 0 Å². The van der Waals surface area contributed by atoms with Crippen LogP contribution in [0.2, 0.25) is 0 Å². The van der Waals surface area contributed by atoms with Crippen LogP contribution in [0, 0.1) is 6.92 Å². The molecule has 0 amide bonds. The summed E-state index contributed by atoms with van der Waals surface area (Å²) in [4.78, 5) is 0.0920. The number of sulfonamides is 1. The first kappa shape index (κ1) is 15.9. The van der Waals surface area contributed by atoms with Crippen LogP contribution in [0.3, 0.4) is 0 Å². The molecule has 0 unspecified atom stereocenters. The highest BCUT2D eigenvalue weighted by molar-refractivity contribution is 7.89. The Morgan fingerprint density at radius 1 is 1.37 bits per heavy atom. The van der Waals surface area contributed by atoms with Crippen molar-refractivity contribution in [3.8, 4) is 0 Å². The largest absolute Gasteiger partial charge is 0.398 e. The predicted molar refractivity (Wildman–Crippen MR) is 73.3 cm³/mol. The molecule has 6 nitrogen and oxygen atoms in total. The lowest BCUT2D eigenvalue weighted by atomic mass is 10.2. The van der Waals surface area contributed by atoms with Gasteiger partial charge in [-0.3, -0.25) is 0 Å². The number of anilines is 1. The molecule has 7 heteroatoms. The van der Waals surface area contributed by atoms with Gasteiger partial charge in [-0.15, -0.1) is 0 Å². The molecule has 0 heterocycles. The van der Waals surface area contributed by atoms with Crippen molar-refractivity contribution in [3.63, 3.8) is 0 Å². The molecule has 0 spiro atoms. The Bertz CT molecular complexity index is 502. The maximum Gasteiger partial charge on any atom is 0.242 e. The van der Waals surface area contributed by atoms with Crippen LogP contribution in [-0.2, 0) is 14.8 Å². The van der Waals surface area contributed by atoms with Gasteiger partial charge in [0.15, 0.2) is 0 Å². The standard InChI is InChI=1S/C12H20N2O4S/c1-10-3-4-12(11(13)9-10)19(16,17)14-5-2-7-18-8-6-15/h3-4,9,14-15H,2,5-8,13H2,1H3. The van der Waals surface area contributed by atoms with Gasteiger partial charge in [-0.05, 0) is 31.0 Å². The van der Waals surface area contributed by atoms with E-state index in [1.807, 2.05) is 6.92 Å². The summed E-state index contributed by atoms with van der Waals surface area (Å²) in [5.41, 5.74) is 6.86. The fraction of sp³-hybridized carbons (Fsp3) is 0.500. The smallest absolute Gasteiger partial charge is 0.242 e. The van der Waals surface area contributed by atoms with E-state index < -0.39 is 10.0 Å². The van der Waals surface area contributed by atoms with E-state index in [2.05, 4.69) is 4.72 Å². The second kappa shape index (κ2) is 7.44. The zero-order valence-electron chi connectivity index (χ0n) is 10.9. The van der Waals surface area contributed by atoms with Gasteiger partial charge in [0, 0.05) is 13.2 Å². The lowest BCUT2D eigenvalue weighted by Gasteiger charge is -2.09. The van der Waals surface area contributed by atoms with Crippen LogP contribution in [0.25, 0.3) is 0 Å². The van der Waals surface area contributed by atoms with E-state index in [0.29, 0.717) is 13.0 Å². The van der Waals surface area contributed by atoms with Crippen molar-refractivity contribution in [2.75, 3.05) is 32.1 Å². The van der Waals surface area contributed by atoms with Crippen LogP contribution in [0.5, 0.6) is 0 Å². The van der Waals surface area contributed by atoms with E-state index in [1.54, 1.807) is 12.1 Å². The van der Waals surface area contributed by atoms with Gasteiger partial charge < -0.3 is 15.6 Å². The third-order valence-corrected chi connectivity index (χ3v) is 3.98. The average Bonchev–Trinajstić information content (AvgIpc) is 2.33. The summed E-state index contributed by atoms with van der Waals surface area (Å²) < 4.78 is 31.5. The van der Waals surface area contributed by atoms with Crippen LogP contribution in [0.1, 0.15) is 12.0 Å². The Kier molecular flexibility index (Phi) is 6.23. The summed E-state index contributed by atoms with van der Waals surface area (Å²) in [5, 5.41) is 8.50. The highest BCUT2D eigenvalue weighted by atomic mass is 32.2. The summed E-state index contributed by atoms with van der Waals surface area (Å²) >= 11 is 0. The molecule has 0 aromatic heterocycles. The normalized spacial score (nSPS) is 11.7. The van der Waals surface area contributed by atoms with Crippen molar-refractivity contribution in [2.45, 2.75) is 18.2 Å². The second-order valence-corrected chi connectivity index (χ2v) is 5.86. The summed E-state index contributed by atoms with van der Waals surface area (Å²) in [5.74, 6) is 0. The Morgan fingerprint density at radius 3 is 2.74 bits per heavy atom. The summed E-state index contributed by atoms with van der Waals surface area (Å²) in [7, 11) is -3.58. The maximum atomic E-state index is 12.0. The Labute approximate surface area is 113 Å². The molecule has 0 atom stereocenters. The highest BCUT2D eigenvalue weighted by Crippen LogP contribution is 2.18. The molecule has 0 aliphatic carbocycles. The fourth-order valence-electron chi connectivity index (χ4n) is 1.54. The molecule has 108 valence electrons. The molecule has 1 aromatic carbocycles. The minimum absolute atomic E-state index is 0.0361. The molecule has 1 aromatic rings. The number of ether oxygens (including phenoxy) is 1. The number of hydrogen-bond acceptors (Lipinski definition) is 5. The summed E-state index contributed by atoms with van der Waals surface area (Å²) in [6.45, 7) is 2.73. The van der Waals surface area contributed by atoms with Crippen molar-refractivity contribution in [1.82, 2.24) is 4.72 Å². The Hall–Kier alpha value is -1.15. The number of nitrogens with one attached hydrogen (secondary N) is 1. The van der Waals surface area contributed by atoms with Gasteiger partial charge in [0.1, 0.15) is 4.90 Å². The van der Waals surface area contributed by atoms with Crippen molar-refractivity contribution < 1.29 is 18.3 Å². The van der Waals surface area contributed by atoms with E-state index in [1.165, 1.54) is 6.07 Å². The molecule has 0 radical (unpaired) electrons. The van der Waals surface area contributed by atoms with E-state index >= 15 is 0 Å². The minimum atomic E-state index is -3.58. The maximum absolute atomic E-state index is 12.0. The molecule has 1 rings (SSSR count). The second-order valence-electron chi connectivity index (χ2n) is 4.13. The molecular weight excluding hydrogens is 268 g/mol. The van der Waals surface area contributed by atoms with Gasteiger partial charge in [0.05, 0.1) is 18.9 Å². The topological polar surface area (TPSA) is 102 Å². The number of aryl methyl sites for hydroxylation is 1. The van der Waals surface area contributed by atoms with E-state index in [-0.39, 0.29) is 30.3 Å². The van der Waals surface area contributed by atoms with E-state index in [9.17, 15) is 8.42 Å². The number of aliphatic hydroxyl groups excluding tert-OH is 1. The SMILES string of the molecule is Cc1ccc(S(=O)(=O)NCCCOCCO)c(N)c1. The molecule has 0 saturated carbocycles. The number of nitrogen functional groups attached to an aromatic ring is 1. The summed E-state index contributed by atoms with van der Waals surface area (Å²) in [6, 6.07) is 4.82. The first-order chi connectivity index (χ1) is 8.97. The zero-order valence-corrected chi connectivity index (χ0v) is 11.7. The molecule has 0 aliphatic heterocycles. The highest BCUT2D eigenvalue weighted by Gasteiger charge is 2.16. The van der Waals surface area contributed by atoms with Crippen LogP contribution < -0.4 is 10.5 Å². The van der Waals surface area contributed by atoms with Gasteiger partial charge in [-0.25, -0.2) is 13.1 Å². The first-order valence-electron chi connectivity index (χ1n) is 6.02. The fourth-order valence-corrected chi connectivity index (χ4v) is 2.72. The number of aliphatic hydroxyl groups is 1. The van der Waals surface area contributed by atoms with Gasteiger partial charge >= 0.3 is 0 Å². The van der Waals surface area contributed by atoms with Gasteiger partial charge in [0.25, 0.3) is 0 Å². The van der Waals surface area contributed by atoms with Gasteiger partial charge in [0.2, 0.25) is 10.0 Å². The Morgan fingerprint density at radius 2 is 2.11 bits per heavy atom. The molecule has 4 N–H and O–H groups in total. The van der Waals surface area contributed by atoms with Crippen molar-refractivity contribution >= 4 is 15.7 Å². The molecule has 0 bridgehead atoms. The minimum Gasteiger partial charge on any atom is -0.398 e. The van der Waals surface area contributed by atoms with E-state index in [0.717, 1.165) is 5.56 Å². The first-order valence-corrected chi connectivity index (χ1v) is 7.50. The number of nitrogens with two attached hydrogens (primary N) is 1. The number of hydrogen-bond donors (Lipinski definition) is 3. The monoisotopic (exact) mass is 288 g/mol. The quantitative estimate of drug-likeness (QED) is 0.470. The summed E-state index contributed by atoms with van der Waals surface area (Å²) in [6.07, 6.45) is 0.533. The van der Waals surface area contributed by atoms with Crippen LogP contribution in [0.4, 0.5) is 5.69 Å².